The maximum atomic E-state index is 14.0. The second kappa shape index (κ2) is 10.4. The van der Waals surface area contributed by atoms with Crippen LogP contribution in [0, 0.1) is 11.2 Å². The Morgan fingerprint density at radius 2 is 1.77 bits per heavy atom. The zero-order chi connectivity index (χ0) is 25.4. The molecule has 4 rings (SSSR count). The number of rotatable bonds is 8. The third kappa shape index (κ3) is 5.71. The Morgan fingerprint density at radius 1 is 1.11 bits per heavy atom. The molecule has 1 atom stereocenters. The molecule has 1 unspecified atom stereocenters. The zero-order valence-electron chi connectivity index (χ0n) is 22.5. The van der Waals surface area contributed by atoms with Crippen molar-refractivity contribution in [2.75, 3.05) is 7.11 Å². The van der Waals surface area contributed by atoms with Crippen LogP contribution >= 0.6 is 0 Å². The number of halogens is 1. The first-order valence-electron chi connectivity index (χ1n) is 13.2. The molecular formula is C29H42FNO3Si. The number of fused-ring (bicyclic) bond motifs is 1. The number of aromatic nitrogens is 1. The van der Waals surface area contributed by atoms with E-state index in [1.807, 2.05) is 12.1 Å². The first-order valence-corrected chi connectivity index (χ1v) is 16.2. The number of nitrogens with zero attached hydrogens (tertiary/aromatic N) is 1. The normalized spacial score (nSPS) is 20.4. The zero-order valence-corrected chi connectivity index (χ0v) is 23.5. The molecule has 0 radical (unpaired) electrons. The van der Waals surface area contributed by atoms with Crippen LogP contribution in [0.15, 0.2) is 24.3 Å². The standard InChI is InChI=1S/C29H42FNO3Si/c1-19(2)35(6,7)34-25-17-29(3,4)16-24-27(25)26(20-12-14-22(30)15-13-20)23(18-33-32-5)28(31-24)21-10-8-9-11-21/h12-15,19,21,25H,8-11,16-18H2,1-7H3. The van der Waals surface area contributed by atoms with Crippen molar-refractivity contribution in [3.8, 4) is 11.1 Å². The van der Waals surface area contributed by atoms with E-state index >= 15 is 0 Å². The summed E-state index contributed by atoms with van der Waals surface area (Å²) in [5, 5.41) is 0. The second-order valence-corrected chi connectivity index (χ2v) is 16.6. The van der Waals surface area contributed by atoms with Gasteiger partial charge in [-0.1, -0.05) is 52.7 Å². The van der Waals surface area contributed by atoms with Crippen molar-refractivity contribution in [3.05, 3.63) is 52.6 Å². The maximum Gasteiger partial charge on any atom is 0.190 e. The minimum absolute atomic E-state index is 0.0516. The van der Waals surface area contributed by atoms with Crippen LogP contribution in [0.2, 0.25) is 18.6 Å². The summed E-state index contributed by atoms with van der Waals surface area (Å²) < 4.78 is 21.0. The van der Waals surface area contributed by atoms with Crippen molar-refractivity contribution in [2.24, 2.45) is 5.41 Å². The predicted octanol–water partition coefficient (Wildman–Crippen LogP) is 8.27. The SMILES string of the molecule is COOCc1c(C2CCCC2)nc2c(c1-c1ccc(F)cc1)C(O[Si](C)(C)C(C)C)CC(C)(C)C2. The third-order valence-corrected chi connectivity index (χ3v) is 11.9. The van der Waals surface area contributed by atoms with Crippen molar-refractivity contribution in [1.29, 1.82) is 0 Å². The van der Waals surface area contributed by atoms with Crippen LogP contribution in [0.1, 0.15) is 94.3 Å². The van der Waals surface area contributed by atoms with Crippen molar-refractivity contribution in [3.63, 3.8) is 0 Å². The van der Waals surface area contributed by atoms with E-state index in [0.29, 0.717) is 18.1 Å². The average Bonchev–Trinajstić information content (AvgIpc) is 3.31. The monoisotopic (exact) mass is 499 g/mol. The lowest BCUT2D eigenvalue weighted by molar-refractivity contribution is -0.282. The first kappa shape index (κ1) is 26.5. The van der Waals surface area contributed by atoms with Crippen LogP contribution in [0.5, 0.6) is 0 Å². The van der Waals surface area contributed by atoms with Crippen molar-refractivity contribution >= 4 is 8.32 Å². The van der Waals surface area contributed by atoms with E-state index in [-0.39, 0.29) is 17.3 Å². The smallest absolute Gasteiger partial charge is 0.190 e. The lowest BCUT2D eigenvalue weighted by atomic mass is 9.72. The van der Waals surface area contributed by atoms with Crippen LogP contribution in [-0.2, 0) is 27.2 Å². The van der Waals surface area contributed by atoms with E-state index in [2.05, 4.69) is 40.8 Å². The molecule has 0 N–H and O–H groups in total. The molecule has 0 spiro atoms. The van der Waals surface area contributed by atoms with Gasteiger partial charge in [-0.2, -0.15) is 0 Å². The van der Waals surface area contributed by atoms with Crippen LogP contribution in [0.25, 0.3) is 11.1 Å². The molecule has 0 bridgehead atoms. The number of hydrogen-bond donors (Lipinski definition) is 0. The quantitative estimate of drug-likeness (QED) is 0.208. The molecule has 4 nitrogen and oxygen atoms in total. The van der Waals surface area contributed by atoms with Gasteiger partial charge < -0.3 is 4.43 Å². The molecule has 2 aliphatic carbocycles. The summed E-state index contributed by atoms with van der Waals surface area (Å²) in [5.41, 5.74) is 7.21. The summed E-state index contributed by atoms with van der Waals surface area (Å²) in [6, 6.07) is 6.88. The molecular weight excluding hydrogens is 457 g/mol. The Balaban J connectivity index is 1.99. The highest BCUT2D eigenvalue weighted by molar-refractivity contribution is 6.72. The van der Waals surface area contributed by atoms with Gasteiger partial charge in [-0.05, 0) is 73.0 Å². The van der Waals surface area contributed by atoms with Crippen molar-refractivity contribution in [2.45, 2.75) is 103 Å². The summed E-state index contributed by atoms with van der Waals surface area (Å²) in [4.78, 5) is 16.0. The molecule has 1 fully saturated rings. The fraction of sp³-hybridized carbons (Fsp3) is 0.621. The molecule has 0 amide bonds. The number of pyridine rings is 1. The molecule has 6 heteroatoms. The van der Waals surface area contributed by atoms with Gasteiger partial charge in [0.2, 0.25) is 0 Å². The molecule has 1 aromatic carbocycles. The third-order valence-electron chi connectivity index (χ3n) is 8.18. The van der Waals surface area contributed by atoms with Gasteiger partial charge in [0.1, 0.15) is 12.4 Å². The molecule has 1 heterocycles. The van der Waals surface area contributed by atoms with Crippen LogP contribution < -0.4 is 0 Å². The van der Waals surface area contributed by atoms with E-state index in [4.69, 9.17) is 19.2 Å². The van der Waals surface area contributed by atoms with Gasteiger partial charge >= 0.3 is 0 Å². The van der Waals surface area contributed by atoms with Gasteiger partial charge in [0.25, 0.3) is 0 Å². The largest absolute Gasteiger partial charge is 0.410 e. The van der Waals surface area contributed by atoms with Gasteiger partial charge in [0.15, 0.2) is 8.32 Å². The van der Waals surface area contributed by atoms with Gasteiger partial charge in [-0.25, -0.2) is 14.2 Å². The summed E-state index contributed by atoms with van der Waals surface area (Å²) in [5.74, 6) is 0.186. The highest BCUT2D eigenvalue weighted by atomic mass is 28.4. The van der Waals surface area contributed by atoms with Crippen LogP contribution in [0.4, 0.5) is 4.39 Å². The summed E-state index contributed by atoms with van der Waals surface area (Å²) in [6.07, 6.45) is 6.54. The molecule has 192 valence electrons. The van der Waals surface area contributed by atoms with E-state index in [1.165, 1.54) is 18.4 Å². The Labute approximate surface area is 211 Å². The summed E-state index contributed by atoms with van der Waals surface area (Å²) in [7, 11) is -0.412. The van der Waals surface area contributed by atoms with E-state index < -0.39 is 8.32 Å². The number of hydrogen-bond acceptors (Lipinski definition) is 4. The average molecular weight is 500 g/mol. The number of benzene rings is 1. The summed E-state index contributed by atoms with van der Waals surface area (Å²) >= 11 is 0. The van der Waals surface area contributed by atoms with Gasteiger partial charge in [0.05, 0.1) is 18.9 Å². The van der Waals surface area contributed by atoms with Crippen molar-refractivity contribution < 1.29 is 18.6 Å². The topological polar surface area (TPSA) is 40.6 Å². The fourth-order valence-electron chi connectivity index (χ4n) is 5.67. The second-order valence-electron chi connectivity index (χ2n) is 12.0. The highest BCUT2D eigenvalue weighted by Gasteiger charge is 2.41. The minimum atomic E-state index is -1.96. The van der Waals surface area contributed by atoms with Gasteiger partial charge in [-0.3, -0.25) is 4.98 Å². The molecule has 0 saturated heterocycles. The molecule has 2 aromatic rings. The lowest BCUT2D eigenvalue weighted by Crippen LogP contribution is -2.39. The maximum absolute atomic E-state index is 14.0. The lowest BCUT2D eigenvalue weighted by Gasteiger charge is -2.42. The predicted molar refractivity (Wildman–Crippen MR) is 141 cm³/mol. The molecule has 2 aliphatic rings. The molecule has 0 aliphatic heterocycles. The van der Waals surface area contributed by atoms with E-state index in [9.17, 15) is 4.39 Å². The molecule has 1 saturated carbocycles. The Hall–Kier alpha value is -1.60. The van der Waals surface area contributed by atoms with Gasteiger partial charge in [0, 0.05) is 22.7 Å². The molecule has 35 heavy (non-hydrogen) atoms. The first-order chi connectivity index (χ1) is 16.5. The van der Waals surface area contributed by atoms with Crippen LogP contribution in [0.3, 0.4) is 0 Å². The summed E-state index contributed by atoms with van der Waals surface area (Å²) in [6.45, 7) is 14.1. The van der Waals surface area contributed by atoms with Crippen LogP contribution in [-0.4, -0.2) is 20.4 Å². The van der Waals surface area contributed by atoms with E-state index in [1.54, 1.807) is 19.2 Å². The Kier molecular flexibility index (Phi) is 7.87. The Bertz CT molecular complexity index is 1030. The van der Waals surface area contributed by atoms with E-state index in [0.717, 1.165) is 53.8 Å². The molecule has 1 aromatic heterocycles. The minimum Gasteiger partial charge on any atom is -0.410 e. The Morgan fingerprint density at radius 3 is 2.37 bits per heavy atom. The van der Waals surface area contributed by atoms with Crippen molar-refractivity contribution in [1.82, 2.24) is 4.98 Å². The fourth-order valence-corrected chi connectivity index (χ4v) is 6.88. The van der Waals surface area contributed by atoms with Gasteiger partial charge in [-0.15, -0.1) is 0 Å². The highest BCUT2D eigenvalue weighted by Crippen LogP contribution is 2.50.